The molecular weight excluding hydrogens is 366 g/mol. The van der Waals surface area contributed by atoms with Crippen LogP contribution in [0.15, 0.2) is 18.6 Å². The van der Waals surface area contributed by atoms with Gasteiger partial charge < -0.3 is 15.1 Å². The van der Waals surface area contributed by atoms with E-state index in [-0.39, 0.29) is 23.8 Å². The third-order valence-corrected chi connectivity index (χ3v) is 7.58. The van der Waals surface area contributed by atoms with Gasteiger partial charge in [-0.25, -0.2) is 4.98 Å². The van der Waals surface area contributed by atoms with Crippen LogP contribution in [0.1, 0.15) is 51.4 Å². The third-order valence-electron chi connectivity index (χ3n) is 7.58. The Morgan fingerprint density at radius 1 is 1.10 bits per heavy atom. The number of carbonyl (C=O) groups is 2. The molecule has 4 aliphatic rings. The van der Waals surface area contributed by atoms with Gasteiger partial charge in [-0.15, -0.1) is 0 Å². The number of aromatic nitrogens is 2. The first-order valence-corrected chi connectivity index (χ1v) is 11.3. The van der Waals surface area contributed by atoms with Crippen molar-refractivity contribution >= 4 is 17.6 Å². The van der Waals surface area contributed by atoms with Crippen molar-refractivity contribution in [2.45, 2.75) is 63.5 Å². The molecule has 7 nitrogen and oxygen atoms in total. The van der Waals surface area contributed by atoms with Crippen molar-refractivity contribution < 1.29 is 9.59 Å². The van der Waals surface area contributed by atoms with E-state index in [4.69, 9.17) is 0 Å². The summed E-state index contributed by atoms with van der Waals surface area (Å²) in [7, 11) is 0. The van der Waals surface area contributed by atoms with Crippen LogP contribution in [-0.2, 0) is 9.59 Å². The number of hydrogen-bond donors (Lipinski definition) is 1. The van der Waals surface area contributed by atoms with Crippen molar-refractivity contribution in [1.82, 2.24) is 20.2 Å². The second-order valence-electron chi connectivity index (χ2n) is 9.28. The molecule has 7 heteroatoms. The number of piperidine rings is 3. The number of fused-ring (bicyclic) bond motifs is 4. The first kappa shape index (κ1) is 18.8. The highest BCUT2D eigenvalue weighted by Gasteiger charge is 2.49. The Hall–Kier alpha value is -2.18. The van der Waals surface area contributed by atoms with Gasteiger partial charge in [0.15, 0.2) is 0 Å². The minimum atomic E-state index is 0.0916. The maximum Gasteiger partial charge on any atom is 0.223 e. The van der Waals surface area contributed by atoms with E-state index in [0.29, 0.717) is 30.8 Å². The Kier molecular flexibility index (Phi) is 5.14. The van der Waals surface area contributed by atoms with Gasteiger partial charge in [-0.05, 0) is 43.9 Å². The van der Waals surface area contributed by atoms with Gasteiger partial charge in [0.2, 0.25) is 11.8 Å². The van der Waals surface area contributed by atoms with Crippen LogP contribution in [0.4, 0.5) is 5.82 Å². The number of nitrogens with zero attached hydrogens (tertiary/aromatic N) is 4. The fraction of sp³-hybridized carbons (Fsp3) is 0.727. The average Bonchev–Trinajstić information content (AvgIpc) is 3.29. The summed E-state index contributed by atoms with van der Waals surface area (Å²) in [4.78, 5) is 38.8. The molecule has 0 spiro atoms. The second kappa shape index (κ2) is 7.92. The highest BCUT2D eigenvalue weighted by Crippen LogP contribution is 2.42. The van der Waals surface area contributed by atoms with E-state index in [1.807, 2.05) is 6.20 Å². The van der Waals surface area contributed by atoms with Crippen LogP contribution in [-0.4, -0.2) is 58.4 Å². The van der Waals surface area contributed by atoms with Crippen LogP contribution in [0, 0.1) is 17.8 Å². The Balaban J connectivity index is 1.35. The SMILES string of the molecule is O=C(NC[C@H]1[C@H]2C[C@H](CN(c3cnccn3)C2)[C@@H]2CCCC(=O)N21)C1CCCC1. The Labute approximate surface area is 172 Å². The quantitative estimate of drug-likeness (QED) is 0.841. The molecule has 29 heavy (non-hydrogen) atoms. The minimum absolute atomic E-state index is 0.0916. The summed E-state index contributed by atoms with van der Waals surface area (Å²) in [6, 6.07) is 0.384. The maximum atomic E-state index is 12.9. The van der Waals surface area contributed by atoms with Crippen molar-refractivity contribution in [1.29, 1.82) is 0 Å². The Morgan fingerprint density at radius 3 is 2.72 bits per heavy atom. The number of hydrogen-bond acceptors (Lipinski definition) is 5. The van der Waals surface area contributed by atoms with Crippen LogP contribution in [0.3, 0.4) is 0 Å². The van der Waals surface area contributed by atoms with Gasteiger partial charge >= 0.3 is 0 Å². The lowest BCUT2D eigenvalue weighted by atomic mass is 9.72. The molecule has 0 aromatic carbocycles. The summed E-state index contributed by atoms with van der Waals surface area (Å²) < 4.78 is 0. The van der Waals surface area contributed by atoms with E-state index >= 15 is 0 Å². The van der Waals surface area contributed by atoms with Gasteiger partial charge in [-0.1, -0.05) is 12.8 Å². The molecule has 0 unspecified atom stereocenters. The van der Waals surface area contributed by atoms with Crippen molar-refractivity contribution in [2.75, 3.05) is 24.5 Å². The highest BCUT2D eigenvalue weighted by atomic mass is 16.2. The van der Waals surface area contributed by atoms with Crippen LogP contribution in [0.25, 0.3) is 0 Å². The van der Waals surface area contributed by atoms with Gasteiger partial charge in [0.1, 0.15) is 5.82 Å². The standard InChI is InChI=1S/C22H31N5O2/c28-21-7-3-6-18-16-10-17(14-26(13-16)20-12-23-8-9-24-20)19(27(18)21)11-25-22(29)15-4-1-2-5-15/h8-9,12,15-19H,1-7,10-11,13-14H2,(H,25,29)/t16-,17+,18+,19+/m1/s1. The van der Waals surface area contributed by atoms with E-state index < -0.39 is 0 Å². The van der Waals surface area contributed by atoms with E-state index in [9.17, 15) is 9.59 Å². The van der Waals surface area contributed by atoms with Crippen LogP contribution in [0.5, 0.6) is 0 Å². The molecule has 3 aliphatic heterocycles. The predicted octanol–water partition coefficient (Wildman–Crippen LogP) is 1.99. The Morgan fingerprint density at radius 2 is 1.93 bits per heavy atom. The zero-order chi connectivity index (χ0) is 19.8. The van der Waals surface area contributed by atoms with E-state index in [2.05, 4.69) is 25.1 Å². The number of carbonyl (C=O) groups excluding carboxylic acids is 2. The normalized spacial score (nSPS) is 32.2. The fourth-order valence-corrected chi connectivity index (χ4v) is 6.22. The zero-order valence-corrected chi connectivity index (χ0v) is 17.0. The van der Waals surface area contributed by atoms with E-state index in [1.165, 1.54) is 0 Å². The van der Waals surface area contributed by atoms with Crippen molar-refractivity contribution in [2.24, 2.45) is 17.8 Å². The molecule has 2 amide bonds. The lowest BCUT2D eigenvalue weighted by Gasteiger charge is -2.56. The summed E-state index contributed by atoms with van der Waals surface area (Å²) in [5, 5.41) is 3.23. The summed E-state index contributed by atoms with van der Waals surface area (Å²) >= 11 is 0. The molecule has 5 rings (SSSR count). The van der Waals surface area contributed by atoms with Gasteiger partial charge in [0.05, 0.1) is 12.2 Å². The van der Waals surface area contributed by atoms with Crippen molar-refractivity contribution in [3.63, 3.8) is 0 Å². The summed E-state index contributed by atoms with van der Waals surface area (Å²) in [5.41, 5.74) is 0. The summed E-state index contributed by atoms with van der Waals surface area (Å²) in [5.74, 6) is 2.39. The predicted molar refractivity (Wildman–Crippen MR) is 109 cm³/mol. The summed E-state index contributed by atoms with van der Waals surface area (Å²) in [6.45, 7) is 2.39. The molecule has 4 heterocycles. The smallest absolute Gasteiger partial charge is 0.223 e. The third kappa shape index (κ3) is 3.60. The van der Waals surface area contributed by atoms with E-state index in [0.717, 1.165) is 63.9 Å². The zero-order valence-electron chi connectivity index (χ0n) is 17.0. The second-order valence-corrected chi connectivity index (χ2v) is 9.28. The van der Waals surface area contributed by atoms with Gasteiger partial charge in [0.25, 0.3) is 0 Å². The average molecular weight is 398 g/mol. The largest absolute Gasteiger partial charge is 0.355 e. The van der Waals surface area contributed by atoms with E-state index in [1.54, 1.807) is 12.4 Å². The highest BCUT2D eigenvalue weighted by molar-refractivity contribution is 5.80. The molecule has 1 saturated carbocycles. The lowest BCUT2D eigenvalue weighted by Crippen LogP contribution is -2.67. The number of amides is 2. The van der Waals surface area contributed by atoms with Crippen LogP contribution < -0.4 is 10.2 Å². The first-order valence-electron chi connectivity index (χ1n) is 11.3. The molecule has 156 valence electrons. The molecule has 1 aliphatic carbocycles. The minimum Gasteiger partial charge on any atom is -0.355 e. The molecular formula is C22H31N5O2. The lowest BCUT2D eigenvalue weighted by molar-refractivity contribution is -0.149. The molecule has 1 N–H and O–H groups in total. The van der Waals surface area contributed by atoms with Crippen molar-refractivity contribution in [3.05, 3.63) is 18.6 Å². The number of nitrogens with one attached hydrogen (secondary N) is 1. The maximum absolute atomic E-state index is 12.9. The Bertz CT molecular complexity index is 751. The summed E-state index contributed by atoms with van der Waals surface area (Å²) in [6.07, 6.45) is 13.5. The number of anilines is 1. The topological polar surface area (TPSA) is 78.4 Å². The molecule has 1 aromatic heterocycles. The fourth-order valence-electron chi connectivity index (χ4n) is 6.22. The van der Waals surface area contributed by atoms with Gasteiger partial charge in [0, 0.05) is 50.4 Å². The van der Waals surface area contributed by atoms with Gasteiger partial charge in [-0.3, -0.25) is 14.6 Å². The molecule has 4 fully saturated rings. The van der Waals surface area contributed by atoms with Crippen molar-refractivity contribution in [3.8, 4) is 0 Å². The van der Waals surface area contributed by atoms with Crippen LogP contribution >= 0.6 is 0 Å². The number of rotatable bonds is 4. The van der Waals surface area contributed by atoms with Crippen LogP contribution in [0.2, 0.25) is 0 Å². The molecule has 0 radical (unpaired) electrons. The van der Waals surface area contributed by atoms with Gasteiger partial charge in [-0.2, -0.15) is 0 Å². The molecule has 4 atom stereocenters. The monoisotopic (exact) mass is 397 g/mol. The molecule has 3 saturated heterocycles. The molecule has 1 aromatic rings. The molecule has 2 bridgehead atoms. The first-order chi connectivity index (χ1) is 14.2.